The summed E-state index contributed by atoms with van der Waals surface area (Å²) in [6, 6.07) is 3.90. The first-order valence-corrected chi connectivity index (χ1v) is 10.3. The Kier molecular flexibility index (Phi) is 9.35. The van der Waals surface area contributed by atoms with Gasteiger partial charge in [0.15, 0.2) is 5.96 Å². The lowest BCUT2D eigenvalue weighted by molar-refractivity contribution is 0.0616. The number of aromatic nitrogens is 3. The smallest absolute Gasteiger partial charge is 0.213 e. The van der Waals surface area contributed by atoms with E-state index in [1.165, 1.54) is 12.8 Å². The average Bonchev–Trinajstić information content (AvgIpc) is 3.36. The van der Waals surface area contributed by atoms with Gasteiger partial charge in [-0.2, -0.15) is 5.10 Å². The number of hydrogen-bond acceptors (Lipinski definition) is 5. The van der Waals surface area contributed by atoms with Gasteiger partial charge < -0.3 is 20.5 Å². The molecule has 3 N–H and O–H groups in total. The van der Waals surface area contributed by atoms with Crippen molar-refractivity contribution >= 4 is 29.9 Å². The van der Waals surface area contributed by atoms with Gasteiger partial charge in [-0.1, -0.05) is 0 Å². The Morgan fingerprint density at radius 1 is 1.37 bits per heavy atom. The van der Waals surface area contributed by atoms with E-state index in [-0.39, 0.29) is 30.1 Å². The van der Waals surface area contributed by atoms with Crippen molar-refractivity contribution in [2.24, 2.45) is 12.0 Å². The summed E-state index contributed by atoms with van der Waals surface area (Å²) in [6.07, 6.45) is 10.2. The normalized spacial score (nSPS) is 16.6. The molecule has 0 amide bonds. The molecular weight excluding hydrogens is 495 g/mol. The van der Waals surface area contributed by atoms with Crippen LogP contribution in [0.25, 0.3) is 0 Å². The molecule has 1 aliphatic carbocycles. The molecule has 166 valence electrons. The summed E-state index contributed by atoms with van der Waals surface area (Å²) in [5.41, 5.74) is 0.735. The van der Waals surface area contributed by atoms with Crippen molar-refractivity contribution in [2.75, 3.05) is 13.1 Å². The van der Waals surface area contributed by atoms with E-state index in [4.69, 9.17) is 4.74 Å². The summed E-state index contributed by atoms with van der Waals surface area (Å²) in [7, 11) is 1.83. The number of halogens is 1. The first-order valence-electron chi connectivity index (χ1n) is 10.3. The highest BCUT2D eigenvalue weighted by Gasteiger charge is 2.25. The second-order valence-corrected chi connectivity index (χ2v) is 7.75. The van der Waals surface area contributed by atoms with Gasteiger partial charge in [0.2, 0.25) is 5.88 Å². The van der Waals surface area contributed by atoms with Crippen LogP contribution >= 0.6 is 24.0 Å². The van der Waals surface area contributed by atoms with Crippen molar-refractivity contribution in [1.82, 2.24) is 25.4 Å². The molecule has 0 aliphatic heterocycles. The molecule has 8 nitrogen and oxygen atoms in total. The SMILES string of the molecule is CCNC(=NCc1ccnc(OC2CCCC2)c1)NCC(C)(O)c1cnn(C)c1.I. The predicted octanol–water partition coefficient (Wildman–Crippen LogP) is 2.72. The zero-order chi connectivity index (χ0) is 20.7. The highest BCUT2D eigenvalue weighted by Crippen LogP contribution is 2.23. The summed E-state index contributed by atoms with van der Waals surface area (Å²) in [5.74, 6) is 1.31. The summed E-state index contributed by atoms with van der Waals surface area (Å²) >= 11 is 0. The van der Waals surface area contributed by atoms with Crippen LogP contribution in [-0.4, -0.2) is 45.0 Å². The van der Waals surface area contributed by atoms with Gasteiger partial charge in [-0.25, -0.2) is 9.98 Å². The zero-order valence-corrected chi connectivity index (χ0v) is 20.3. The third-order valence-electron chi connectivity index (χ3n) is 5.08. The second kappa shape index (κ2) is 11.5. The molecular formula is C21H33IN6O2. The number of nitrogens with one attached hydrogen (secondary N) is 2. The second-order valence-electron chi connectivity index (χ2n) is 7.75. The van der Waals surface area contributed by atoms with Crippen molar-refractivity contribution in [1.29, 1.82) is 0 Å². The van der Waals surface area contributed by atoms with E-state index in [0.29, 0.717) is 24.9 Å². The summed E-state index contributed by atoms with van der Waals surface area (Å²) in [6.45, 7) is 5.31. The van der Waals surface area contributed by atoms with Gasteiger partial charge in [-0.05, 0) is 51.2 Å². The summed E-state index contributed by atoms with van der Waals surface area (Å²) < 4.78 is 7.66. The number of hydrogen-bond donors (Lipinski definition) is 3. The minimum absolute atomic E-state index is 0. The van der Waals surface area contributed by atoms with E-state index in [1.807, 2.05) is 32.3 Å². The predicted molar refractivity (Wildman–Crippen MR) is 128 cm³/mol. The number of aliphatic imine (C=N–C) groups is 1. The van der Waals surface area contributed by atoms with Gasteiger partial charge >= 0.3 is 0 Å². The van der Waals surface area contributed by atoms with Crippen LogP contribution in [0.1, 0.15) is 50.7 Å². The number of aryl methyl sites for hydroxylation is 1. The van der Waals surface area contributed by atoms with Gasteiger partial charge in [-0.3, -0.25) is 4.68 Å². The maximum atomic E-state index is 10.8. The van der Waals surface area contributed by atoms with E-state index < -0.39 is 5.60 Å². The fourth-order valence-electron chi connectivity index (χ4n) is 3.36. The number of ether oxygens (including phenoxy) is 1. The molecule has 0 radical (unpaired) electrons. The van der Waals surface area contributed by atoms with Crippen LogP contribution in [0.2, 0.25) is 0 Å². The van der Waals surface area contributed by atoms with Crippen molar-refractivity contribution < 1.29 is 9.84 Å². The van der Waals surface area contributed by atoms with Crippen LogP contribution in [0.4, 0.5) is 0 Å². The van der Waals surface area contributed by atoms with E-state index in [9.17, 15) is 5.11 Å². The lowest BCUT2D eigenvalue weighted by Crippen LogP contribution is -2.44. The van der Waals surface area contributed by atoms with Crippen LogP contribution in [-0.2, 0) is 19.2 Å². The highest BCUT2D eigenvalue weighted by atomic mass is 127. The number of rotatable bonds is 8. The van der Waals surface area contributed by atoms with Crippen molar-refractivity contribution in [3.63, 3.8) is 0 Å². The fourth-order valence-corrected chi connectivity index (χ4v) is 3.36. The Hall–Kier alpha value is -1.88. The topological polar surface area (TPSA) is 96.6 Å². The molecule has 3 rings (SSSR count). The Morgan fingerprint density at radius 3 is 2.80 bits per heavy atom. The van der Waals surface area contributed by atoms with E-state index in [2.05, 4.69) is 25.7 Å². The molecule has 1 atom stereocenters. The minimum atomic E-state index is -1.05. The Balaban J connectivity index is 0.00000320. The number of aliphatic hydroxyl groups is 1. The zero-order valence-electron chi connectivity index (χ0n) is 18.0. The first kappa shape index (κ1) is 24.4. The van der Waals surface area contributed by atoms with Gasteiger partial charge in [0.05, 0.1) is 19.3 Å². The van der Waals surface area contributed by atoms with E-state index in [0.717, 1.165) is 30.5 Å². The molecule has 30 heavy (non-hydrogen) atoms. The Bertz CT molecular complexity index is 817. The molecule has 0 aromatic carbocycles. The maximum Gasteiger partial charge on any atom is 0.213 e. The van der Waals surface area contributed by atoms with Crippen molar-refractivity contribution in [2.45, 2.75) is 57.8 Å². The van der Waals surface area contributed by atoms with Crippen LogP contribution in [0.15, 0.2) is 35.7 Å². The monoisotopic (exact) mass is 528 g/mol. The van der Waals surface area contributed by atoms with E-state index in [1.54, 1.807) is 24.0 Å². The minimum Gasteiger partial charge on any atom is -0.474 e. The third-order valence-corrected chi connectivity index (χ3v) is 5.08. The van der Waals surface area contributed by atoms with Crippen LogP contribution in [0.3, 0.4) is 0 Å². The van der Waals surface area contributed by atoms with Gasteiger partial charge in [0.25, 0.3) is 0 Å². The lowest BCUT2D eigenvalue weighted by Gasteiger charge is -2.23. The van der Waals surface area contributed by atoms with Crippen molar-refractivity contribution in [3.05, 3.63) is 41.9 Å². The molecule has 9 heteroatoms. The third kappa shape index (κ3) is 7.12. The maximum absolute atomic E-state index is 10.8. The summed E-state index contributed by atoms with van der Waals surface area (Å²) in [5, 5.41) is 21.3. The van der Waals surface area contributed by atoms with E-state index >= 15 is 0 Å². The van der Waals surface area contributed by atoms with Crippen LogP contribution in [0.5, 0.6) is 5.88 Å². The quantitative estimate of drug-likeness (QED) is 0.277. The average molecular weight is 528 g/mol. The number of guanidine groups is 1. The van der Waals surface area contributed by atoms with Gasteiger partial charge in [-0.15, -0.1) is 24.0 Å². The van der Waals surface area contributed by atoms with Crippen LogP contribution in [0, 0.1) is 0 Å². The Labute approximate surface area is 195 Å². The molecule has 1 fully saturated rings. The molecule has 2 aromatic rings. The number of pyridine rings is 1. The molecule has 1 saturated carbocycles. The molecule has 0 bridgehead atoms. The van der Waals surface area contributed by atoms with Gasteiger partial charge in [0, 0.05) is 37.6 Å². The first-order chi connectivity index (χ1) is 14.0. The molecule has 1 unspecified atom stereocenters. The summed E-state index contributed by atoms with van der Waals surface area (Å²) in [4.78, 5) is 8.97. The molecule has 0 saturated heterocycles. The molecule has 0 spiro atoms. The van der Waals surface area contributed by atoms with Crippen molar-refractivity contribution in [3.8, 4) is 5.88 Å². The fraction of sp³-hybridized carbons (Fsp3) is 0.571. The standard InChI is InChI=1S/C21H32N6O2.HI/c1-4-22-20(25-15-21(2,28)17-13-26-27(3)14-17)24-12-16-9-10-23-19(11-16)29-18-7-5-6-8-18;/h9-11,13-14,18,28H,4-8,12,15H2,1-3H3,(H2,22,24,25);1H. The Morgan fingerprint density at radius 2 is 2.13 bits per heavy atom. The largest absolute Gasteiger partial charge is 0.474 e. The molecule has 1 aliphatic rings. The number of nitrogens with zero attached hydrogens (tertiary/aromatic N) is 4. The lowest BCUT2D eigenvalue weighted by atomic mass is 10.00. The highest BCUT2D eigenvalue weighted by molar-refractivity contribution is 14.0. The molecule has 2 heterocycles. The van der Waals surface area contributed by atoms with Crippen LogP contribution < -0.4 is 15.4 Å². The van der Waals surface area contributed by atoms with Gasteiger partial charge in [0.1, 0.15) is 11.7 Å². The molecule has 2 aromatic heterocycles.